The monoisotopic (exact) mass is 364 g/mol. The van der Waals surface area contributed by atoms with E-state index in [4.69, 9.17) is 0 Å². The van der Waals surface area contributed by atoms with Gasteiger partial charge in [-0.25, -0.2) is 4.98 Å². The van der Waals surface area contributed by atoms with Gasteiger partial charge in [-0.1, -0.05) is 31.5 Å². The molecular formula is C17H20N2O3S2. The summed E-state index contributed by atoms with van der Waals surface area (Å²) < 4.78 is 2.05. The number of hydrogen-bond acceptors (Lipinski definition) is 5. The highest BCUT2D eigenvalue weighted by Crippen LogP contribution is 2.33. The average molecular weight is 364 g/mol. The van der Waals surface area contributed by atoms with Crippen molar-refractivity contribution in [2.75, 3.05) is 11.1 Å². The number of aliphatic carboxylic acids is 1. The minimum Gasteiger partial charge on any atom is -0.481 e. The normalized spacial score (nSPS) is 20.9. The molecule has 3 rings (SSSR count). The van der Waals surface area contributed by atoms with Gasteiger partial charge in [0.1, 0.15) is 0 Å². The maximum atomic E-state index is 12.5. The lowest BCUT2D eigenvalue weighted by atomic mass is 9.78. The number of rotatable bonds is 5. The standard InChI is InChI=1S/C17H20N2O3S2/c1-2-23-17-19-13-8-7-10(9-14(13)24-17)18-15(20)11-5-3-4-6-12(11)16(21)22/h7-9,11-12H,2-6H2,1H3,(H,18,20)(H,21,22)/t11-,12+/m1/s1. The molecular weight excluding hydrogens is 344 g/mol. The van der Waals surface area contributed by atoms with E-state index in [9.17, 15) is 14.7 Å². The third-order valence-electron chi connectivity index (χ3n) is 4.32. The fourth-order valence-electron chi connectivity index (χ4n) is 3.14. The van der Waals surface area contributed by atoms with E-state index in [1.165, 1.54) is 0 Å². The highest BCUT2D eigenvalue weighted by atomic mass is 32.2. The molecule has 2 atom stereocenters. The summed E-state index contributed by atoms with van der Waals surface area (Å²) in [5, 5.41) is 12.2. The summed E-state index contributed by atoms with van der Waals surface area (Å²) in [7, 11) is 0. The molecule has 1 heterocycles. The van der Waals surface area contributed by atoms with Crippen molar-refractivity contribution in [2.45, 2.75) is 36.9 Å². The van der Waals surface area contributed by atoms with E-state index >= 15 is 0 Å². The largest absolute Gasteiger partial charge is 0.481 e. The molecule has 7 heteroatoms. The summed E-state index contributed by atoms with van der Waals surface area (Å²) in [5.74, 6) is -1.09. The van der Waals surface area contributed by atoms with Crippen LogP contribution in [0.15, 0.2) is 22.5 Å². The summed E-state index contributed by atoms with van der Waals surface area (Å²) in [6.45, 7) is 2.09. The molecule has 0 bridgehead atoms. The molecule has 1 aromatic carbocycles. The lowest BCUT2D eigenvalue weighted by Crippen LogP contribution is -2.36. The molecule has 2 N–H and O–H groups in total. The number of aromatic nitrogens is 1. The summed E-state index contributed by atoms with van der Waals surface area (Å²) in [4.78, 5) is 28.4. The molecule has 1 aliphatic rings. The lowest BCUT2D eigenvalue weighted by molar-refractivity contribution is -0.147. The minimum absolute atomic E-state index is 0.186. The van der Waals surface area contributed by atoms with Crippen molar-refractivity contribution < 1.29 is 14.7 Å². The number of hydrogen-bond donors (Lipinski definition) is 2. The first-order valence-corrected chi connectivity index (χ1v) is 9.95. The number of carbonyl (C=O) groups excluding carboxylic acids is 1. The first-order valence-electron chi connectivity index (χ1n) is 8.15. The molecule has 1 aromatic heterocycles. The molecule has 0 spiro atoms. The van der Waals surface area contributed by atoms with Crippen LogP contribution in [0.3, 0.4) is 0 Å². The van der Waals surface area contributed by atoms with Crippen LogP contribution in [0.5, 0.6) is 0 Å². The smallest absolute Gasteiger partial charge is 0.307 e. The van der Waals surface area contributed by atoms with Gasteiger partial charge in [-0.05, 0) is 36.8 Å². The number of benzene rings is 1. The fourth-order valence-corrected chi connectivity index (χ4v) is 5.15. The van der Waals surface area contributed by atoms with Crippen LogP contribution in [-0.4, -0.2) is 27.7 Å². The summed E-state index contributed by atoms with van der Waals surface area (Å²) in [6.07, 6.45) is 3.01. The minimum atomic E-state index is -0.867. The number of carbonyl (C=O) groups is 2. The number of carboxylic acid groups (broad SMARTS) is 1. The third kappa shape index (κ3) is 3.72. The lowest BCUT2D eigenvalue weighted by Gasteiger charge is -2.27. The number of nitrogens with zero attached hydrogens (tertiary/aromatic N) is 1. The molecule has 5 nitrogen and oxygen atoms in total. The molecule has 0 aliphatic heterocycles. The van der Waals surface area contributed by atoms with Gasteiger partial charge in [0.25, 0.3) is 0 Å². The Hall–Kier alpha value is -1.60. The van der Waals surface area contributed by atoms with Crippen molar-refractivity contribution in [3.63, 3.8) is 0 Å². The Balaban J connectivity index is 1.75. The molecule has 0 radical (unpaired) electrons. The van der Waals surface area contributed by atoms with Crippen molar-refractivity contribution in [3.8, 4) is 0 Å². The van der Waals surface area contributed by atoms with E-state index in [0.29, 0.717) is 18.5 Å². The van der Waals surface area contributed by atoms with E-state index in [1.807, 2.05) is 18.2 Å². The van der Waals surface area contributed by atoms with Gasteiger partial charge in [-0.3, -0.25) is 9.59 Å². The first-order chi connectivity index (χ1) is 11.6. The van der Waals surface area contributed by atoms with E-state index in [-0.39, 0.29) is 5.91 Å². The zero-order chi connectivity index (χ0) is 17.1. The van der Waals surface area contributed by atoms with Crippen LogP contribution < -0.4 is 5.32 Å². The molecule has 24 heavy (non-hydrogen) atoms. The molecule has 1 aliphatic carbocycles. The quantitative estimate of drug-likeness (QED) is 0.776. The fraction of sp³-hybridized carbons (Fsp3) is 0.471. The van der Waals surface area contributed by atoms with Crippen LogP contribution in [0.2, 0.25) is 0 Å². The molecule has 2 aromatic rings. The van der Waals surface area contributed by atoms with Gasteiger partial charge in [0.05, 0.1) is 22.1 Å². The zero-order valence-electron chi connectivity index (χ0n) is 13.4. The van der Waals surface area contributed by atoms with Crippen molar-refractivity contribution in [2.24, 2.45) is 11.8 Å². The Morgan fingerprint density at radius 2 is 2.08 bits per heavy atom. The third-order valence-corrected chi connectivity index (χ3v) is 6.37. The molecule has 1 amide bonds. The van der Waals surface area contributed by atoms with Crippen LogP contribution in [-0.2, 0) is 9.59 Å². The van der Waals surface area contributed by atoms with Gasteiger partial charge in [-0.15, -0.1) is 11.3 Å². The van der Waals surface area contributed by atoms with E-state index in [2.05, 4.69) is 17.2 Å². The van der Waals surface area contributed by atoms with Gasteiger partial charge in [0.2, 0.25) is 5.91 Å². The first kappa shape index (κ1) is 17.2. The van der Waals surface area contributed by atoms with Crippen LogP contribution in [0.4, 0.5) is 5.69 Å². The second-order valence-corrected chi connectivity index (χ2v) is 8.46. The van der Waals surface area contributed by atoms with Gasteiger partial charge in [0, 0.05) is 5.69 Å². The highest BCUT2D eigenvalue weighted by molar-refractivity contribution is 8.01. The van der Waals surface area contributed by atoms with Crippen molar-refractivity contribution in [1.29, 1.82) is 0 Å². The second-order valence-electron chi connectivity index (χ2n) is 5.92. The van der Waals surface area contributed by atoms with Crippen LogP contribution in [0, 0.1) is 11.8 Å². The number of anilines is 1. The topological polar surface area (TPSA) is 79.3 Å². The van der Waals surface area contributed by atoms with Gasteiger partial charge < -0.3 is 10.4 Å². The zero-order valence-corrected chi connectivity index (χ0v) is 15.1. The van der Waals surface area contributed by atoms with Crippen molar-refractivity contribution in [1.82, 2.24) is 4.98 Å². The number of carboxylic acids is 1. The Labute approximate surface area is 148 Å². The summed E-state index contributed by atoms with van der Waals surface area (Å²) in [6, 6.07) is 5.65. The van der Waals surface area contributed by atoms with Gasteiger partial charge in [0.15, 0.2) is 4.34 Å². The highest BCUT2D eigenvalue weighted by Gasteiger charge is 2.35. The van der Waals surface area contributed by atoms with Gasteiger partial charge >= 0.3 is 5.97 Å². The molecule has 128 valence electrons. The number of amides is 1. The van der Waals surface area contributed by atoms with Crippen molar-refractivity contribution >= 4 is 50.9 Å². The molecule has 0 saturated heterocycles. The van der Waals surface area contributed by atoms with Gasteiger partial charge in [-0.2, -0.15) is 0 Å². The summed E-state index contributed by atoms with van der Waals surface area (Å²) in [5.41, 5.74) is 1.63. The molecule has 1 fully saturated rings. The number of nitrogens with one attached hydrogen (secondary N) is 1. The van der Waals surface area contributed by atoms with Crippen LogP contribution >= 0.6 is 23.1 Å². The van der Waals surface area contributed by atoms with Crippen LogP contribution in [0.1, 0.15) is 32.6 Å². The number of fused-ring (bicyclic) bond motifs is 1. The Morgan fingerprint density at radius 3 is 2.79 bits per heavy atom. The van der Waals surface area contributed by atoms with Crippen molar-refractivity contribution in [3.05, 3.63) is 18.2 Å². The Bertz CT molecular complexity index is 759. The Kier molecular flexibility index (Phi) is 5.40. The average Bonchev–Trinajstić information content (AvgIpc) is 2.96. The number of thiazole rings is 1. The number of thioether (sulfide) groups is 1. The predicted molar refractivity (Wildman–Crippen MR) is 97.7 cm³/mol. The SMILES string of the molecule is CCSc1nc2ccc(NC(=O)[C@@H]3CCCC[C@@H]3C(=O)O)cc2s1. The van der Waals surface area contributed by atoms with E-state index in [0.717, 1.165) is 33.2 Å². The van der Waals surface area contributed by atoms with E-state index in [1.54, 1.807) is 23.1 Å². The molecule has 1 saturated carbocycles. The van der Waals surface area contributed by atoms with E-state index < -0.39 is 17.8 Å². The maximum Gasteiger partial charge on any atom is 0.307 e. The summed E-state index contributed by atoms with van der Waals surface area (Å²) >= 11 is 3.31. The molecule has 0 unspecified atom stereocenters. The van der Waals surface area contributed by atoms with Crippen LogP contribution in [0.25, 0.3) is 10.2 Å². The maximum absolute atomic E-state index is 12.5. The second kappa shape index (κ2) is 7.53. The Morgan fingerprint density at radius 1 is 1.33 bits per heavy atom. The predicted octanol–water partition coefficient (Wildman–Crippen LogP) is 4.24.